The molecule has 2 aromatic heterocycles. The van der Waals surface area contributed by atoms with Gasteiger partial charge in [0.25, 0.3) is 11.8 Å². The number of rotatable bonds is 4. The van der Waals surface area contributed by atoms with Gasteiger partial charge in [-0.2, -0.15) is 5.10 Å². The van der Waals surface area contributed by atoms with Crippen molar-refractivity contribution < 1.29 is 9.59 Å². The Hall–Kier alpha value is -4.00. The van der Waals surface area contributed by atoms with Crippen LogP contribution in [-0.2, 0) is 0 Å². The van der Waals surface area contributed by atoms with Crippen LogP contribution in [0.15, 0.2) is 60.8 Å². The normalized spacial score (nSPS) is 14.0. The Labute approximate surface area is 211 Å². The van der Waals surface area contributed by atoms with E-state index in [0.29, 0.717) is 43.0 Å². The first-order valence-electron chi connectivity index (χ1n) is 12.4. The van der Waals surface area contributed by atoms with E-state index in [2.05, 4.69) is 18.9 Å². The van der Waals surface area contributed by atoms with Crippen molar-refractivity contribution in [2.24, 2.45) is 0 Å². The lowest BCUT2D eigenvalue weighted by atomic mass is 10.0. The van der Waals surface area contributed by atoms with E-state index in [9.17, 15) is 9.59 Å². The van der Waals surface area contributed by atoms with Crippen LogP contribution in [-0.4, -0.2) is 62.6 Å². The molecule has 0 aliphatic carbocycles. The van der Waals surface area contributed by atoms with Crippen molar-refractivity contribution in [3.8, 4) is 11.3 Å². The standard InChI is InChI=1S/C29H31N5O2/c1-19(2)34-27-25(18-30-34)24(17-26(31-27)23-8-6-5-7-21(23)4)29(36)33-15-13-32(14-16-33)28(35)22-11-9-20(3)10-12-22/h5-12,17-19H,13-16H2,1-4H3. The Kier molecular flexibility index (Phi) is 6.31. The minimum atomic E-state index is -0.0528. The SMILES string of the molecule is Cc1ccc(C(=O)N2CCN(C(=O)c3cc(-c4ccccc4C)nc4c3cnn4C(C)C)CC2)cc1. The van der Waals surface area contributed by atoms with E-state index in [-0.39, 0.29) is 17.9 Å². The molecule has 1 fully saturated rings. The average Bonchev–Trinajstić information content (AvgIpc) is 3.33. The molecule has 0 saturated carbocycles. The first-order valence-corrected chi connectivity index (χ1v) is 12.4. The monoisotopic (exact) mass is 481 g/mol. The average molecular weight is 482 g/mol. The van der Waals surface area contributed by atoms with Gasteiger partial charge in [-0.1, -0.05) is 42.0 Å². The van der Waals surface area contributed by atoms with Crippen LogP contribution in [0, 0.1) is 13.8 Å². The summed E-state index contributed by atoms with van der Waals surface area (Å²) in [4.78, 5) is 35.3. The van der Waals surface area contributed by atoms with E-state index in [4.69, 9.17) is 4.98 Å². The highest BCUT2D eigenvalue weighted by Gasteiger charge is 2.28. The van der Waals surface area contributed by atoms with Crippen LogP contribution in [0.1, 0.15) is 51.7 Å². The summed E-state index contributed by atoms with van der Waals surface area (Å²) in [5, 5.41) is 5.30. The second-order valence-electron chi connectivity index (χ2n) is 9.74. The number of hydrogen-bond acceptors (Lipinski definition) is 4. The molecule has 2 amide bonds. The maximum atomic E-state index is 13.8. The number of fused-ring (bicyclic) bond motifs is 1. The molecule has 0 bridgehead atoms. The maximum Gasteiger partial charge on any atom is 0.254 e. The zero-order valence-corrected chi connectivity index (χ0v) is 21.2. The molecule has 7 heteroatoms. The van der Waals surface area contributed by atoms with E-state index >= 15 is 0 Å². The minimum absolute atomic E-state index is 0.00782. The summed E-state index contributed by atoms with van der Waals surface area (Å²) >= 11 is 0. The number of aryl methyl sites for hydroxylation is 2. The van der Waals surface area contributed by atoms with Crippen LogP contribution in [0.2, 0.25) is 0 Å². The Morgan fingerprint density at radius 1 is 0.861 bits per heavy atom. The third kappa shape index (κ3) is 4.37. The van der Waals surface area contributed by atoms with Crippen LogP contribution >= 0.6 is 0 Å². The highest BCUT2D eigenvalue weighted by Crippen LogP contribution is 2.29. The van der Waals surface area contributed by atoms with Crippen LogP contribution in [0.5, 0.6) is 0 Å². The van der Waals surface area contributed by atoms with Crippen LogP contribution in [0.4, 0.5) is 0 Å². The van der Waals surface area contributed by atoms with Gasteiger partial charge in [0.2, 0.25) is 0 Å². The summed E-state index contributed by atoms with van der Waals surface area (Å²) in [6.45, 7) is 10.1. The number of hydrogen-bond donors (Lipinski definition) is 0. The number of nitrogens with zero attached hydrogens (tertiary/aromatic N) is 5. The smallest absolute Gasteiger partial charge is 0.254 e. The third-order valence-corrected chi connectivity index (χ3v) is 6.86. The van der Waals surface area contributed by atoms with Gasteiger partial charge >= 0.3 is 0 Å². The van der Waals surface area contributed by atoms with Gasteiger partial charge in [0, 0.05) is 43.3 Å². The maximum absolute atomic E-state index is 13.8. The molecule has 0 N–H and O–H groups in total. The predicted molar refractivity (Wildman–Crippen MR) is 141 cm³/mol. The molecule has 1 saturated heterocycles. The number of pyridine rings is 1. The number of amides is 2. The third-order valence-electron chi connectivity index (χ3n) is 6.86. The molecule has 0 radical (unpaired) electrons. The fourth-order valence-corrected chi connectivity index (χ4v) is 4.73. The molecule has 36 heavy (non-hydrogen) atoms. The van der Waals surface area contributed by atoms with Crippen molar-refractivity contribution in [2.45, 2.75) is 33.7 Å². The number of carbonyl (C=O) groups excluding carboxylic acids is 2. The van der Waals surface area contributed by atoms with Gasteiger partial charge in [0.15, 0.2) is 5.65 Å². The fourth-order valence-electron chi connectivity index (χ4n) is 4.73. The molecule has 1 aliphatic rings. The van der Waals surface area contributed by atoms with Crippen molar-refractivity contribution in [3.63, 3.8) is 0 Å². The van der Waals surface area contributed by atoms with Gasteiger partial charge in [0.1, 0.15) is 0 Å². The molecule has 0 unspecified atom stereocenters. The quantitative estimate of drug-likeness (QED) is 0.416. The molecule has 4 aromatic rings. The van der Waals surface area contributed by atoms with Gasteiger partial charge in [-0.15, -0.1) is 0 Å². The van der Waals surface area contributed by atoms with Crippen molar-refractivity contribution in [2.75, 3.05) is 26.2 Å². The largest absolute Gasteiger partial charge is 0.335 e. The molecule has 1 aliphatic heterocycles. The van der Waals surface area contributed by atoms with Crippen molar-refractivity contribution in [3.05, 3.63) is 83.0 Å². The lowest BCUT2D eigenvalue weighted by molar-refractivity contribution is 0.0536. The molecule has 184 valence electrons. The summed E-state index contributed by atoms with van der Waals surface area (Å²) in [6, 6.07) is 17.7. The first-order chi connectivity index (χ1) is 17.3. The highest BCUT2D eigenvalue weighted by atomic mass is 16.2. The minimum Gasteiger partial charge on any atom is -0.335 e. The van der Waals surface area contributed by atoms with Crippen molar-refractivity contribution in [1.29, 1.82) is 0 Å². The van der Waals surface area contributed by atoms with Gasteiger partial charge in [-0.3, -0.25) is 9.59 Å². The van der Waals surface area contributed by atoms with Gasteiger partial charge in [-0.25, -0.2) is 9.67 Å². The molecular formula is C29H31N5O2. The van der Waals surface area contributed by atoms with E-state index in [1.54, 1.807) is 6.20 Å². The molecule has 5 rings (SSSR count). The second-order valence-corrected chi connectivity index (χ2v) is 9.74. The summed E-state index contributed by atoms with van der Waals surface area (Å²) in [6.07, 6.45) is 1.74. The second kappa shape index (κ2) is 9.57. The van der Waals surface area contributed by atoms with Gasteiger partial charge < -0.3 is 9.80 Å². The summed E-state index contributed by atoms with van der Waals surface area (Å²) < 4.78 is 1.87. The van der Waals surface area contributed by atoms with E-state index in [1.165, 1.54) is 0 Å². The Balaban J connectivity index is 1.44. The van der Waals surface area contributed by atoms with Crippen LogP contribution < -0.4 is 0 Å². The Bertz CT molecular complexity index is 1430. The van der Waals surface area contributed by atoms with Crippen molar-refractivity contribution in [1.82, 2.24) is 24.6 Å². The number of piperazine rings is 1. The van der Waals surface area contributed by atoms with E-state index < -0.39 is 0 Å². The summed E-state index contributed by atoms with van der Waals surface area (Å²) in [5.41, 5.74) is 5.97. The Morgan fingerprint density at radius 3 is 2.14 bits per heavy atom. The zero-order valence-electron chi connectivity index (χ0n) is 21.2. The molecule has 2 aromatic carbocycles. The topological polar surface area (TPSA) is 71.3 Å². The lowest BCUT2D eigenvalue weighted by Crippen LogP contribution is -2.50. The Morgan fingerprint density at radius 2 is 1.50 bits per heavy atom. The van der Waals surface area contributed by atoms with Crippen LogP contribution in [0.3, 0.4) is 0 Å². The lowest BCUT2D eigenvalue weighted by Gasteiger charge is -2.35. The number of carbonyl (C=O) groups is 2. The molecular weight excluding hydrogens is 450 g/mol. The van der Waals surface area contributed by atoms with E-state index in [1.807, 2.05) is 82.9 Å². The highest BCUT2D eigenvalue weighted by molar-refractivity contribution is 6.06. The van der Waals surface area contributed by atoms with E-state index in [0.717, 1.165) is 27.8 Å². The first kappa shape index (κ1) is 23.7. The molecule has 0 atom stereocenters. The number of benzene rings is 2. The summed E-state index contributed by atoms with van der Waals surface area (Å²) in [7, 11) is 0. The zero-order chi connectivity index (χ0) is 25.4. The summed E-state index contributed by atoms with van der Waals surface area (Å²) in [5.74, 6) is -0.0450. The molecule has 7 nitrogen and oxygen atoms in total. The fraction of sp³-hybridized carbons (Fsp3) is 0.310. The predicted octanol–water partition coefficient (Wildman–Crippen LogP) is 4.89. The number of aromatic nitrogens is 3. The molecule has 0 spiro atoms. The van der Waals surface area contributed by atoms with Crippen molar-refractivity contribution >= 4 is 22.8 Å². The van der Waals surface area contributed by atoms with Gasteiger partial charge in [0.05, 0.1) is 22.8 Å². The van der Waals surface area contributed by atoms with Crippen LogP contribution in [0.25, 0.3) is 22.3 Å². The molecule has 3 heterocycles. The van der Waals surface area contributed by atoms with Gasteiger partial charge in [-0.05, 0) is 51.5 Å².